The van der Waals surface area contributed by atoms with Crippen LogP contribution in [0.3, 0.4) is 0 Å². The van der Waals surface area contributed by atoms with Gasteiger partial charge in [-0.15, -0.1) is 0 Å². The summed E-state index contributed by atoms with van der Waals surface area (Å²) in [5.41, 5.74) is 1.86. The van der Waals surface area contributed by atoms with Crippen LogP contribution in [-0.2, 0) is 31.0 Å². The van der Waals surface area contributed by atoms with Gasteiger partial charge >= 0.3 is 5.69 Å². The molecule has 31 heavy (non-hydrogen) atoms. The molecule has 2 aromatic carbocycles. The van der Waals surface area contributed by atoms with E-state index in [2.05, 4.69) is 37.2 Å². The van der Waals surface area contributed by atoms with Crippen LogP contribution in [0, 0.1) is 0 Å². The second kappa shape index (κ2) is 9.75. The van der Waals surface area contributed by atoms with Crippen LogP contribution in [-0.4, -0.2) is 33.0 Å². The molecule has 0 bridgehead atoms. The average molecular weight is 423 g/mol. The van der Waals surface area contributed by atoms with Crippen LogP contribution in [0.1, 0.15) is 31.9 Å². The normalized spacial score (nSPS) is 11.4. The molecule has 1 N–H and O–H groups in total. The van der Waals surface area contributed by atoms with Gasteiger partial charge in [0.15, 0.2) is 0 Å². The first kappa shape index (κ1) is 22.5. The predicted molar refractivity (Wildman–Crippen MR) is 123 cm³/mol. The van der Waals surface area contributed by atoms with E-state index in [1.165, 1.54) is 4.57 Å². The van der Waals surface area contributed by atoms with E-state index >= 15 is 0 Å². The minimum Gasteiger partial charge on any atom is -0.350 e. The summed E-state index contributed by atoms with van der Waals surface area (Å²) in [7, 11) is 2.07. The van der Waals surface area contributed by atoms with Crippen LogP contribution in [0.2, 0.25) is 0 Å². The summed E-state index contributed by atoms with van der Waals surface area (Å²) in [6.45, 7) is 7.29. The highest BCUT2D eigenvalue weighted by molar-refractivity contribution is 5.81. The fourth-order valence-electron chi connectivity index (χ4n) is 3.53. The van der Waals surface area contributed by atoms with E-state index in [-0.39, 0.29) is 24.6 Å². The maximum Gasteiger partial charge on any atom is 0.331 e. The zero-order chi connectivity index (χ0) is 22.5. The van der Waals surface area contributed by atoms with Gasteiger partial charge in [-0.3, -0.25) is 23.6 Å². The SMILES string of the molecule is CCn1c(=O)c2ccccc2n(CC(=O)NCc2ccccc2CN(C)C(C)C)c1=O. The Labute approximate surface area is 181 Å². The van der Waals surface area contributed by atoms with Crippen molar-refractivity contribution in [1.82, 2.24) is 19.4 Å². The lowest BCUT2D eigenvalue weighted by Gasteiger charge is -2.22. The van der Waals surface area contributed by atoms with E-state index in [1.54, 1.807) is 31.2 Å². The number of aromatic nitrogens is 2. The molecular weight excluding hydrogens is 392 g/mol. The number of nitrogens with zero attached hydrogens (tertiary/aromatic N) is 3. The van der Waals surface area contributed by atoms with Gasteiger partial charge in [0.2, 0.25) is 5.91 Å². The molecule has 0 atom stereocenters. The van der Waals surface area contributed by atoms with Crippen molar-refractivity contribution in [3.8, 4) is 0 Å². The van der Waals surface area contributed by atoms with Crippen molar-refractivity contribution in [2.45, 2.75) is 53.0 Å². The van der Waals surface area contributed by atoms with Crippen molar-refractivity contribution in [1.29, 1.82) is 0 Å². The molecule has 1 amide bonds. The highest BCUT2D eigenvalue weighted by Gasteiger charge is 2.15. The first-order valence-corrected chi connectivity index (χ1v) is 10.6. The Balaban J connectivity index is 1.81. The molecule has 1 heterocycles. The minimum atomic E-state index is -0.472. The minimum absolute atomic E-state index is 0.145. The Morgan fingerprint density at radius 1 is 1.00 bits per heavy atom. The van der Waals surface area contributed by atoms with Crippen LogP contribution in [0.4, 0.5) is 0 Å². The molecule has 0 unspecified atom stereocenters. The predicted octanol–water partition coefficient (Wildman–Crippen LogP) is 2.34. The van der Waals surface area contributed by atoms with Crippen LogP contribution in [0.25, 0.3) is 10.9 Å². The second-order valence-corrected chi connectivity index (χ2v) is 7.99. The number of para-hydroxylation sites is 1. The summed E-state index contributed by atoms with van der Waals surface area (Å²) in [6, 6.07) is 15.3. The van der Waals surface area contributed by atoms with Crippen molar-refractivity contribution < 1.29 is 4.79 Å². The van der Waals surface area contributed by atoms with Crippen LogP contribution < -0.4 is 16.6 Å². The van der Waals surface area contributed by atoms with Gasteiger partial charge in [0.25, 0.3) is 5.56 Å². The van der Waals surface area contributed by atoms with Gasteiger partial charge in [0, 0.05) is 25.7 Å². The Hall–Kier alpha value is -3.19. The van der Waals surface area contributed by atoms with Gasteiger partial charge in [-0.05, 0) is 51.1 Å². The molecule has 7 heteroatoms. The Morgan fingerprint density at radius 2 is 1.65 bits per heavy atom. The topological polar surface area (TPSA) is 76.3 Å². The number of benzene rings is 2. The van der Waals surface area contributed by atoms with Crippen molar-refractivity contribution in [2.75, 3.05) is 7.05 Å². The molecule has 0 saturated carbocycles. The maximum atomic E-state index is 12.8. The number of rotatable bonds is 8. The molecule has 0 aliphatic rings. The zero-order valence-corrected chi connectivity index (χ0v) is 18.6. The molecular formula is C24H30N4O3. The van der Waals surface area contributed by atoms with Crippen molar-refractivity contribution in [3.05, 3.63) is 80.5 Å². The summed E-state index contributed by atoms with van der Waals surface area (Å²) >= 11 is 0. The lowest BCUT2D eigenvalue weighted by molar-refractivity contribution is -0.121. The largest absolute Gasteiger partial charge is 0.350 e. The Morgan fingerprint density at radius 3 is 2.32 bits per heavy atom. The molecule has 0 saturated heterocycles. The van der Waals surface area contributed by atoms with Crippen LogP contribution in [0.5, 0.6) is 0 Å². The first-order chi connectivity index (χ1) is 14.8. The first-order valence-electron chi connectivity index (χ1n) is 10.6. The average Bonchev–Trinajstić information content (AvgIpc) is 2.76. The van der Waals surface area contributed by atoms with Gasteiger partial charge in [0.05, 0.1) is 10.9 Å². The van der Waals surface area contributed by atoms with Crippen molar-refractivity contribution >= 4 is 16.8 Å². The summed E-state index contributed by atoms with van der Waals surface area (Å²) < 4.78 is 2.53. The highest BCUT2D eigenvalue weighted by atomic mass is 16.2. The van der Waals surface area contributed by atoms with E-state index in [0.717, 1.165) is 22.2 Å². The Kier molecular flexibility index (Phi) is 7.07. The van der Waals surface area contributed by atoms with Gasteiger partial charge < -0.3 is 5.32 Å². The third kappa shape index (κ3) is 4.94. The van der Waals surface area contributed by atoms with E-state index in [4.69, 9.17) is 0 Å². The third-order valence-corrected chi connectivity index (χ3v) is 5.65. The van der Waals surface area contributed by atoms with Crippen LogP contribution >= 0.6 is 0 Å². The van der Waals surface area contributed by atoms with E-state index in [0.29, 0.717) is 23.5 Å². The summed E-state index contributed by atoms with van der Waals surface area (Å²) in [4.78, 5) is 40.3. The molecule has 164 valence electrons. The number of fused-ring (bicyclic) bond motifs is 1. The number of nitrogens with one attached hydrogen (secondary N) is 1. The fraction of sp³-hybridized carbons (Fsp3) is 0.375. The summed E-state index contributed by atoms with van der Waals surface area (Å²) in [6.07, 6.45) is 0. The van der Waals surface area contributed by atoms with Gasteiger partial charge in [-0.2, -0.15) is 0 Å². The number of carbonyl (C=O) groups is 1. The number of carbonyl (C=O) groups excluding carboxylic acids is 1. The second-order valence-electron chi connectivity index (χ2n) is 7.99. The zero-order valence-electron chi connectivity index (χ0n) is 18.6. The molecule has 0 fully saturated rings. The third-order valence-electron chi connectivity index (χ3n) is 5.65. The summed E-state index contributed by atoms with van der Waals surface area (Å²) in [5.74, 6) is -0.277. The van der Waals surface area contributed by atoms with Gasteiger partial charge in [-0.25, -0.2) is 4.79 Å². The van der Waals surface area contributed by atoms with E-state index in [9.17, 15) is 14.4 Å². The summed E-state index contributed by atoms with van der Waals surface area (Å²) in [5, 5.41) is 3.36. The van der Waals surface area contributed by atoms with Crippen molar-refractivity contribution in [2.24, 2.45) is 0 Å². The van der Waals surface area contributed by atoms with Crippen molar-refractivity contribution in [3.63, 3.8) is 0 Å². The quantitative estimate of drug-likeness (QED) is 0.605. The van der Waals surface area contributed by atoms with E-state index < -0.39 is 5.69 Å². The van der Waals surface area contributed by atoms with E-state index in [1.807, 2.05) is 18.2 Å². The monoisotopic (exact) mass is 422 g/mol. The highest BCUT2D eigenvalue weighted by Crippen LogP contribution is 2.13. The standard InChI is InChI=1S/C24H30N4O3/c1-5-27-23(30)20-12-8-9-13-21(20)28(24(27)31)16-22(29)25-14-18-10-6-7-11-19(18)15-26(4)17(2)3/h6-13,17H,5,14-16H2,1-4H3,(H,25,29). The molecule has 0 spiro atoms. The molecule has 3 rings (SSSR count). The number of amides is 1. The van der Waals surface area contributed by atoms with Gasteiger partial charge in [0.1, 0.15) is 6.54 Å². The number of hydrogen-bond acceptors (Lipinski definition) is 4. The number of hydrogen-bond donors (Lipinski definition) is 1. The Bertz CT molecular complexity index is 1190. The lowest BCUT2D eigenvalue weighted by atomic mass is 10.1. The smallest absolute Gasteiger partial charge is 0.331 e. The molecule has 7 nitrogen and oxygen atoms in total. The fourth-order valence-corrected chi connectivity index (χ4v) is 3.53. The maximum absolute atomic E-state index is 12.8. The molecule has 3 aromatic rings. The molecule has 0 aliphatic heterocycles. The molecule has 1 aromatic heterocycles. The van der Waals surface area contributed by atoms with Gasteiger partial charge in [-0.1, -0.05) is 36.4 Å². The van der Waals surface area contributed by atoms with Crippen LogP contribution in [0.15, 0.2) is 58.1 Å². The lowest BCUT2D eigenvalue weighted by Crippen LogP contribution is -2.42. The molecule has 0 radical (unpaired) electrons. The molecule has 0 aliphatic carbocycles.